The molecule has 2 aliphatic heterocycles. The molecule has 0 aromatic heterocycles. The Hall–Kier alpha value is -0.860. The molecule has 0 spiro atoms. The molecule has 5 nitrogen and oxygen atoms in total. The minimum absolute atomic E-state index is 0.0632. The summed E-state index contributed by atoms with van der Waals surface area (Å²) >= 11 is 4.87. The van der Waals surface area contributed by atoms with Crippen molar-refractivity contribution in [2.24, 2.45) is 4.99 Å². The number of rotatable bonds is 4. The SMILES string of the molecule is CCCCC(=O)N=C1S[C@H]2CS(=O)(=O)C[C@H]2N1c1cccc(Br)c1. The van der Waals surface area contributed by atoms with Crippen molar-refractivity contribution < 1.29 is 13.2 Å². The summed E-state index contributed by atoms with van der Waals surface area (Å²) in [5.74, 6) is 0.121. The molecule has 130 valence electrons. The first-order valence-electron chi connectivity index (χ1n) is 7.93. The van der Waals surface area contributed by atoms with Crippen molar-refractivity contribution in [1.82, 2.24) is 0 Å². The first-order valence-corrected chi connectivity index (χ1v) is 11.4. The molecule has 1 aromatic carbocycles. The van der Waals surface area contributed by atoms with Gasteiger partial charge in [-0.25, -0.2) is 8.42 Å². The molecule has 0 radical (unpaired) electrons. The maximum absolute atomic E-state index is 12.1. The van der Waals surface area contributed by atoms with E-state index in [1.165, 1.54) is 11.8 Å². The lowest BCUT2D eigenvalue weighted by Crippen LogP contribution is -2.37. The number of nitrogens with zero attached hydrogens (tertiary/aromatic N) is 2. The van der Waals surface area contributed by atoms with Gasteiger partial charge in [0, 0.05) is 21.8 Å². The zero-order valence-electron chi connectivity index (χ0n) is 13.3. The van der Waals surface area contributed by atoms with E-state index >= 15 is 0 Å². The second-order valence-electron chi connectivity index (χ2n) is 6.04. The summed E-state index contributed by atoms with van der Waals surface area (Å²) in [6.07, 6.45) is 2.20. The predicted octanol–water partition coefficient (Wildman–Crippen LogP) is 3.24. The largest absolute Gasteiger partial charge is 0.316 e. The lowest BCUT2D eigenvalue weighted by Gasteiger charge is -2.24. The minimum atomic E-state index is -3.04. The van der Waals surface area contributed by atoms with Gasteiger partial charge in [-0.3, -0.25) is 4.79 Å². The van der Waals surface area contributed by atoms with Crippen molar-refractivity contribution in [2.75, 3.05) is 16.4 Å². The first kappa shape index (κ1) is 17.9. The van der Waals surface area contributed by atoms with E-state index in [4.69, 9.17) is 0 Å². The molecule has 24 heavy (non-hydrogen) atoms. The minimum Gasteiger partial charge on any atom is -0.316 e. The van der Waals surface area contributed by atoms with Crippen LogP contribution in [-0.4, -0.2) is 42.3 Å². The van der Waals surface area contributed by atoms with E-state index in [2.05, 4.69) is 20.9 Å². The van der Waals surface area contributed by atoms with Gasteiger partial charge in [0.05, 0.1) is 17.5 Å². The Balaban J connectivity index is 1.94. The summed E-state index contributed by atoms with van der Waals surface area (Å²) in [6, 6.07) is 7.51. The Morgan fingerprint density at radius 1 is 1.42 bits per heavy atom. The Kier molecular flexibility index (Phi) is 5.36. The van der Waals surface area contributed by atoms with Crippen molar-refractivity contribution in [1.29, 1.82) is 0 Å². The van der Waals surface area contributed by atoms with Gasteiger partial charge in [-0.1, -0.05) is 47.1 Å². The second-order valence-corrected chi connectivity index (χ2v) is 10.3. The van der Waals surface area contributed by atoms with Crippen LogP contribution in [0.4, 0.5) is 5.69 Å². The Labute approximate surface area is 155 Å². The maximum atomic E-state index is 12.1. The van der Waals surface area contributed by atoms with Gasteiger partial charge in [0.2, 0.25) is 5.91 Å². The fourth-order valence-corrected chi connectivity index (χ4v) is 7.30. The second kappa shape index (κ2) is 7.17. The van der Waals surface area contributed by atoms with E-state index in [1.54, 1.807) is 0 Å². The van der Waals surface area contributed by atoms with E-state index in [-0.39, 0.29) is 28.7 Å². The van der Waals surface area contributed by atoms with Crippen LogP contribution in [0.25, 0.3) is 0 Å². The highest BCUT2D eigenvalue weighted by Crippen LogP contribution is 2.41. The lowest BCUT2D eigenvalue weighted by atomic mass is 10.2. The van der Waals surface area contributed by atoms with Crippen LogP contribution in [0.15, 0.2) is 33.7 Å². The van der Waals surface area contributed by atoms with Crippen molar-refractivity contribution in [2.45, 2.75) is 37.5 Å². The van der Waals surface area contributed by atoms with E-state index < -0.39 is 9.84 Å². The van der Waals surface area contributed by atoms with Crippen LogP contribution in [0, 0.1) is 0 Å². The number of benzene rings is 1. The Bertz CT molecular complexity index is 779. The third-order valence-electron chi connectivity index (χ3n) is 4.12. The smallest absolute Gasteiger partial charge is 0.248 e. The molecule has 2 heterocycles. The monoisotopic (exact) mass is 430 g/mol. The fraction of sp³-hybridized carbons (Fsp3) is 0.500. The van der Waals surface area contributed by atoms with Gasteiger partial charge in [-0.2, -0.15) is 4.99 Å². The highest BCUT2D eigenvalue weighted by Gasteiger charge is 2.49. The van der Waals surface area contributed by atoms with Crippen LogP contribution < -0.4 is 4.90 Å². The molecular weight excluding hydrogens is 412 g/mol. The Morgan fingerprint density at radius 3 is 2.92 bits per heavy atom. The van der Waals surface area contributed by atoms with Crippen LogP contribution in [0.2, 0.25) is 0 Å². The number of fused-ring (bicyclic) bond motifs is 1. The van der Waals surface area contributed by atoms with Crippen LogP contribution in [0.1, 0.15) is 26.2 Å². The number of hydrogen-bond donors (Lipinski definition) is 0. The number of sulfone groups is 1. The van der Waals surface area contributed by atoms with Crippen molar-refractivity contribution >= 4 is 54.3 Å². The maximum Gasteiger partial charge on any atom is 0.248 e. The molecule has 2 fully saturated rings. The fourth-order valence-electron chi connectivity index (χ4n) is 2.98. The molecular formula is C16H19BrN2O3S2. The highest BCUT2D eigenvalue weighted by atomic mass is 79.9. The number of halogens is 1. The summed E-state index contributed by atoms with van der Waals surface area (Å²) in [5, 5.41) is 0.561. The predicted molar refractivity (Wildman–Crippen MR) is 102 cm³/mol. The molecule has 0 saturated carbocycles. The van der Waals surface area contributed by atoms with Crippen LogP contribution in [-0.2, 0) is 14.6 Å². The number of carbonyl (C=O) groups is 1. The van der Waals surface area contributed by atoms with Crippen molar-refractivity contribution in [3.8, 4) is 0 Å². The topological polar surface area (TPSA) is 66.8 Å². The number of carbonyl (C=O) groups excluding carboxylic acids is 1. The molecule has 0 N–H and O–H groups in total. The van der Waals surface area contributed by atoms with E-state index in [0.717, 1.165) is 23.0 Å². The Morgan fingerprint density at radius 2 is 2.21 bits per heavy atom. The number of anilines is 1. The average molecular weight is 431 g/mol. The van der Waals surface area contributed by atoms with Gasteiger partial charge in [0.1, 0.15) is 0 Å². The number of aliphatic imine (C=N–C) groups is 1. The van der Waals surface area contributed by atoms with Gasteiger partial charge in [-0.15, -0.1) is 0 Å². The van der Waals surface area contributed by atoms with Gasteiger partial charge in [0.15, 0.2) is 15.0 Å². The zero-order valence-corrected chi connectivity index (χ0v) is 16.5. The molecule has 0 unspecified atom stereocenters. The summed E-state index contributed by atoms with van der Waals surface area (Å²) in [4.78, 5) is 18.3. The number of hydrogen-bond acceptors (Lipinski definition) is 4. The molecule has 1 amide bonds. The van der Waals surface area contributed by atoms with E-state index in [1.807, 2.05) is 36.1 Å². The average Bonchev–Trinajstić information content (AvgIpc) is 2.96. The van der Waals surface area contributed by atoms with Gasteiger partial charge < -0.3 is 4.90 Å². The number of unbranched alkanes of at least 4 members (excludes halogenated alkanes) is 1. The quantitative estimate of drug-likeness (QED) is 0.733. The van der Waals surface area contributed by atoms with Crippen LogP contribution in [0.3, 0.4) is 0 Å². The number of amidine groups is 1. The summed E-state index contributed by atoms with van der Waals surface area (Å²) in [6.45, 7) is 2.04. The lowest BCUT2D eigenvalue weighted by molar-refractivity contribution is -0.117. The molecule has 0 bridgehead atoms. The zero-order chi connectivity index (χ0) is 17.3. The van der Waals surface area contributed by atoms with Crippen molar-refractivity contribution in [3.63, 3.8) is 0 Å². The normalized spacial score (nSPS) is 26.8. The van der Waals surface area contributed by atoms with E-state index in [0.29, 0.717) is 11.6 Å². The highest BCUT2D eigenvalue weighted by molar-refractivity contribution is 9.10. The van der Waals surface area contributed by atoms with Gasteiger partial charge in [-0.05, 0) is 24.6 Å². The summed E-state index contributed by atoms with van der Waals surface area (Å²) in [5.41, 5.74) is 0.864. The molecule has 3 rings (SSSR count). The standard InChI is InChI=1S/C16H19BrN2O3S2/c1-2-3-7-15(20)18-16-19(12-6-4-5-11(17)8-12)13-9-24(21,22)10-14(13)23-16/h4-6,8,13-14H,2-3,7,9-10H2,1H3/t13-,14+/m1/s1. The molecule has 8 heteroatoms. The summed E-state index contributed by atoms with van der Waals surface area (Å²) < 4.78 is 24.9. The number of amides is 1. The van der Waals surface area contributed by atoms with Gasteiger partial charge in [0.25, 0.3) is 0 Å². The van der Waals surface area contributed by atoms with Crippen LogP contribution in [0.5, 0.6) is 0 Å². The molecule has 2 saturated heterocycles. The van der Waals surface area contributed by atoms with E-state index in [9.17, 15) is 13.2 Å². The van der Waals surface area contributed by atoms with Crippen LogP contribution >= 0.6 is 27.7 Å². The summed E-state index contributed by atoms with van der Waals surface area (Å²) in [7, 11) is -3.04. The number of thioether (sulfide) groups is 1. The third-order valence-corrected chi connectivity index (χ3v) is 7.82. The first-order chi connectivity index (χ1) is 11.4. The van der Waals surface area contributed by atoms with Gasteiger partial charge >= 0.3 is 0 Å². The van der Waals surface area contributed by atoms with Crippen molar-refractivity contribution in [3.05, 3.63) is 28.7 Å². The third kappa shape index (κ3) is 3.86. The molecule has 2 aliphatic rings. The molecule has 1 aromatic rings. The molecule has 0 aliphatic carbocycles. The molecule has 2 atom stereocenters.